The molecule has 0 saturated heterocycles. The van der Waals surface area contributed by atoms with E-state index in [2.05, 4.69) is 22.4 Å². The molecule has 0 spiro atoms. The van der Waals surface area contributed by atoms with Gasteiger partial charge in [0, 0.05) is 23.4 Å². The number of carbonyl (C=O) groups is 1. The van der Waals surface area contributed by atoms with Crippen molar-refractivity contribution in [2.24, 2.45) is 0 Å². The molecule has 0 radical (unpaired) electrons. The van der Waals surface area contributed by atoms with Crippen molar-refractivity contribution >= 4 is 23.5 Å². The molecule has 0 amide bonds. The first-order valence-electron chi connectivity index (χ1n) is 9.64. The molecule has 29 heavy (non-hydrogen) atoms. The number of anilines is 1. The van der Waals surface area contributed by atoms with Crippen molar-refractivity contribution in [1.82, 2.24) is 14.8 Å². The minimum Gasteiger partial charge on any atom is -0.508 e. The third-order valence-corrected chi connectivity index (χ3v) is 6.15. The van der Waals surface area contributed by atoms with Gasteiger partial charge in [0.1, 0.15) is 11.8 Å². The van der Waals surface area contributed by atoms with Crippen molar-refractivity contribution in [3.63, 3.8) is 0 Å². The van der Waals surface area contributed by atoms with Crippen LogP contribution in [-0.4, -0.2) is 25.7 Å². The SMILES string of the molecule is O=C1CCCC2=C1[C@H](c1cccc(O)c1)n1nc(SCc3ccccc3)nc1N2. The second kappa shape index (κ2) is 7.40. The van der Waals surface area contributed by atoms with E-state index in [4.69, 9.17) is 5.10 Å². The number of rotatable bonds is 4. The van der Waals surface area contributed by atoms with Crippen molar-refractivity contribution in [2.45, 2.75) is 36.2 Å². The molecular weight excluding hydrogens is 384 g/mol. The van der Waals surface area contributed by atoms with E-state index >= 15 is 0 Å². The van der Waals surface area contributed by atoms with Crippen LogP contribution in [0.5, 0.6) is 5.75 Å². The zero-order chi connectivity index (χ0) is 19.8. The topological polar surface area (TPSA) is 80.0 Å². The van der Waals surface area contributed by atoms with Gasteiger partial charge in [-0.05, 0) is 36.1 Å². The van der Waals surface area contributed by atoms with Crippen LogP contribution in [0, 0.1) is 0 Å². The molecule has 5 rings (SSSR count). The summed E-state index contributed by atoms with van der Waals surface area (Å²) in [5.74, 6) is 1.72. The van der Waals surface area contributed by atoms with Gasteiger partial charge in [0.05, 0.1) is 0 Å². The third-order valence-electron chi connectivity index (χ3n) is 5.25. The summed E-state index contributed by atoms with van der Waals surface area (Å²) in [6, 6.07) is 16.9. The third kappa shape index (κ3) is 3.42. The fourth-order valence-electron chi connectivity index (χ4n) is 3.92. The Bertz CT molecular complexity index is 1110. The molecule has 2 N–H and O–H groups in total. The number of Topliss-reactive ketones (excluding diaryl/α,β-unsaturated/α-hetero) is 1. The second-order valence-corrected chi connectivity index (χ2v) is 8.17. The zero-order valence-electron chi connectivity index (χ0n) is 15.7. The van der Waals surface area contributed by atoms with Crippen LogP contribution in [0.1, 0.15) is 36.4 Å². The van der Waals surface area contributed by atoms with Crippen molar-refractivity contribution in [2.75, 3.05) is 5.32 Å². The van der Waals surface area contributed by atoms with Gasteiger partial charge >= 0.3 is 0 Å². The first kappa shape index (κ1) is 18.0. The monoisotopic (exact) mass is 404 g/mol. The van der Waals surface area contributed by atoms with Gasteiger partial charge in [-0.1, -0.05) is 54.2 Å². The molecular formula is C22H20N4O2S. The summed E-state index contributed by atoms with van der Waals surface area (Å²) in [6.07, 6.45) is 2.19. The number of aromatic nitrogens is 3. The van der Waals surface area contributed by atoms with E-state index in [9.17, 15) is 9.90 Å². The lowest BCUT2D eigenvalue weighted by Gasteiger charge is -2.32. The van der Waals surface area contributed by atoms with E-state index in [0.717, 1.165) is 35.4 Å². The average molecular weight is 404 g/mol. The summed E-state index contributed by atoms with van der Waals surface area (Å²) in [7, 11) is 0. The average Bonchev–Trinajstić information content (AvgIpc) is 3.14. The first-order valence-corrected chi connectivity index (χ1v) is 10.6. The number of thioether (sulfide) groups is 1. The van der Waals surface area contributed by atoms with E-state index in [1.165, 1.54) is 5.56 Å². The van der Waals surface area contributed by atoms with Crippen LogP contribution in [0.3, 0.4) is 0 Å². The predicted molar refractivity (Wildman–Crippen MR) is 112 cm³/mol. The first-order chi connectivity index (χ1) is 14.2. The lowest BCUT2D eigenvalue weighted by Crippen LogP contribution is -2.31. The van der Waals surface area contributed by atoms with E-state index in [1.807, 2.05) is 24.3 Å². The molecule has 0 fully saturated rings. The smallest absolute Gasteiger partial charge is 0.227 e. The number of phenolic OH excluding ortho intramolecular Hbond substituents is 1. The number of fused-ring (bicyclic) bond motifs is 1. The summed E-state index contributed by atoms with van der Waals surface area (Å²) in [5.41, 5.74) is 3.70. The van der Waals surface area contributed by atoms with E-state index in [1.54, 1.807) is 34.6 Å². The van der Waals surface area contributed by atoms with E-state index in [-0.39, 0.29) is 17.6 Å². The molecule has 7 heteroatoms. The van der Waals surface area contributed by atoms with Gasteiger partial charge in [0.25, 0.3) is 0 Å². The summed E-state index contributed by atoms with van der Waals surface area (Å²) in [5, 5.41) is 18.7. The van der Waals surface area contributed by atoms with Crippen molar-refractivity contribution < 1.29 is 9.90 Å². The minimum absolute atomic E-state index is 0.131. The van der Waals surface area contributed by atoms with Gasteiger partial charge < -0.3 is 10.4 Å². The minimum atomic E-state index is -0.375. The van der Waals surface area contributed by atoms with E-state index in [0.29, 0.717) is 17.5 Å². The number of nitrogens with zero attached hydrogens (tertiary/aromatic N) is 3. The highest BCUT2D eigenvalue weighted by molar-refractivity contribution is 7.98. The van der Waals surface area contributed by atoms with Gasteiger partial charge in [-0.25, -0.2) is 4.68 Å². The molecule has 1 aliphatic heterocycles. The molecule has 0 unspecified atom stereocenters. The molecule has 2 aliphatic rings. The number of allylic oxidation sites excluding steroid dienone is 2. The number of benzene rings is 2. The molecule has 3 aromatic rings. The van der Waals surface area contributed by atoms with Crippen LogP contribution in [0.4, 0.5) is 5.95 Å². The molecule has 6 nitrogen and oxygen atoms in total. The number of aromatic hydroxyl groups is 1. The van der Waals surface area contributed by atoms with Crippen LogP contribution < -0.4 is 5.32 Å². The molecule has 146 valence electrons. The summed E-state index contributed by atoms with van der Waals surface area (Å²) < 4.78 is 1.78. The van der Waals surface area contributed by atoms with Gasteiger partial charge in [0.15, 0.2) is 5.78 Å². The van der Waals surface area contributed by atoms with Crippen molar-refractivity contribution in [3.05, 3.63) is 77.0 Å². The number of hydrogen-bond donors (Lipinski definition) is 2. The van der Waals surface area contributed by atoms with Gasteiger partial charge in [-0.15, -0.1) is 5.10 Å². The Morgan fingerprint density at radius 3 is 2.83 bits per heavy atom. The van der Waals surface area contributed by atoms with Crippen LogP contribution in [0.15, 0.2) is 71.0 Å². The van der Waals surface area contributed by atoms with Crippen molar-refractivity contribution in [3.8, 4) is 5.75 Å². The molecule has 0 bridgehead atoms. The highest BCUT2D eigenvalue weighted by atomic mass is 32.2. The summed E-state index contributed by atoms with van der Waals surface area (Å²) in [4.78, 5) is 17.5. The largest absolute Gasteiger partial charge is 0.508 e. The molecule has 2 heterocycles. The second-order valence-electron chi connectivity index (χ2n) is 7.23. The Hall–Kier alpha value is -3.06. The summed E-state index contributed by atoms with van der Waals surface area (Å²) >= 11 is 1.57. The maximum atomic E-state index is 12.8. The number of phenols is 1. The Morgan fingerprint density at radius 2 is 2.00 bits per heavy atom. The fraction of sp³-hybridized carbons (Fsp3) is 0.227. The lowest BCUT2D eigenvalue weighted by molar-refractivity contribution is -0.116. The maximum Gasteiger partial charge on any atom is 0.227 e. The normalized spacial score (nSPS) is 18.2. The molecule has 0 saturated carbocycles. The highest BCUT2D eigenvalue weighted by Gasteiger charge is 2.36. The van der Waals surface area contributed by atoms with Gasteiger partial charge in [-0.2, -0.15) is 4.98 Å². The van der Waals surface area contributed by atoms with Crippen LogP contribution in [0.2, 0.25) is 0 Å². The van der Waals surface area contributed by atoms with Crippen LogP contribution in [0.25, 0.3) is 0 Å². The molecule has 2 aromatic carbocycles. The number of hydrogen-bond acceptors (Lipinski definition) is 6. The highest BCUT2D eigenvalue weighted by Crippen LogP contribution is 2.41. The molecule has 1 atom stereocenters. The Morgan fingerprint density at radius 1 is 1.14 bits per heavy atom. The quantitative estimate of drug-likeness (QED) is 0.631. The lowest BCUT2D eigenvalue weighted by atomic mass is 9.85. The standard InChI is InChI=1S/C22H20N4O2S/c27-16-9-4-8-15(12-16)20-19-17(10-5-11-18(19)28)23-21-24-22(25-26(20)21)29-13-14-6-2-1-3-7-14/h1-4,6-9,12,20,27H,5,10-11,13H2,(H,23,24,25)/t20-/m0/s1. The van der Waals surface area contributed by atoms with Crippen LogP contribution in [-0.2, 0) is 10.5 Å². The maximum absolute atomic E-state index is 12.8. The number of ketones is 1. The van der Waals surface area contributed by atoms with Crippen LogP contribution >= 0.6 is 11.8 Å². The van der Waals surface area contributed by atoms with Gasteiger partial charge in [0.2, 0.25) is 11.1 Å². The number of nitrogens with one attached hydrogen (secondary N) is 1. The Labute approximate surface area is 172 Å². The molecule has 1 aromatic heterocycles. The van der Waals surface area contributed by atoms with Crippen molar-refractivity contribution in [1.29, 1.82) is 0 Å². The van der Waals surface area contributed by atoms with Gasteiger partial charge in [-0.3, -0.25) is 4.79 Å². The fourth-order valence-corrected chi connectivity index (χ4v) is 4.71. The number of carbonyl (C=O) groups excluding carboxylic acids is 1. The zero-order valence-corrected chi connectivity index (χ0v) is 16.5. The molecule has 1 aliphatic carbocycles. The Kier molecular flexibility index (Phi) is 4.60. The Balaban J connectivity index is 1.53. The summed E-state index contributed by atoms with van der Waals surface area (Å²) in [6.45, 7) is 0. The predicted octanol–water partition coefficient (Wildman–Crippen LogP) is 4.30. The van der Waals surface area contributed by atoms with E-state index < -0.39 is 0 Å².